The number of nitrogens with two attached hydrogens (primary N) is 1. The van der Waals surface area contributed by atoms with Crippen molar-refractivity contribution in [3.05, 3.63) is 0 Å². The second-order valence-electron chi connectivity index (χ2n) is 5.38. The highest BCUT2D eigenvalue weighted by atomic mass is 32.2. The third-order valence-corrected chi connectivity index (χ3v) is 6.31. The minimum atomic E-state index is -3.00. The lowest BCUT2D eigenvalue weighted by Gasteiger charge is -2.44. The van der Waals surface area contributed by atoms with Gasteiger partial charge in [-0.25, -0.2) is 8.42 Å². The standard InChI is InChI=1S/C11H21NO3S/c1-2-11(13,9-3-4-9)10(7-12)5-6-16(14,15)8-10/h9,13H,2-8,12H2,1H3. The number of hydrogen-bond donors (Lipinski definition) is 2. The number of rotatable bonds is 4. The quantitative estimate of drug-likeness (QED) is 0.749. The van der Waals surface area contributed by atoms with Crippen molar-refractivity contribution in [2.24, 2.45) is 17.1 Å². The minimum absolute atomic E-state index is 0.0668. The van der Waals surface area contributed by atoms with Crippen LogP contribution in [0.25, 0.3) is 0 Å². The third-order valence-electron chi connectivity index (χ3n) is 4.49. The monoisotopic (exact) mass is 247 g/mol. The van der Waals surface area contributed by atoms with Crippen molar-refractivity contribution in [2.45, 2.75) is 38.2 Å². The molecule has 1 aliphatic heterocycles. The summed E-state index contributed by atoms with van der Waals surface area (Å²) in [6.45, 7) is 2.20. The fourth-order valence-corrected chi connectivity index (χ4v) is 5.45. The van der Waals surface area contributed by atoms with Gasteiger partial charge in [0.25, 0.3) is 0 Å². The molecule has 16 heavy (non-hydrogen) atoms. The Morgan fingerprint density at radius 3 is 2.44 bits per heavy atom. The molecule has 0 bridgehead atoms. The van der Waals surface area contributed by atoms with Crippen LogP contribution in [0.1, 0.15) is 32.6 Å². The van der Waals surface area contributed by atoms with Crippen LogP contribution < -0.4 is 5.73 Å². The average Bonchev–Trinajstić information content (AvgIpc) is 3.03. The SMILES string of the molecule is CCC(O)(C1CC1)C1(CN)CCS(=O)(=O)C1. The Morgan fingerprint density at radius 2 is 2.12 bits per heavy atom. The van der Waals surface area contributed by atoms with Gasteiger partial charge in [-0.3, -0.25) is 0 Å². The average molecular weight is 247 g/mol. The first kappa shape index (κ1) is 12.3. The fourth-order valence-electron chi connectivity index (χ4n) is 3.25. The van der Waals surface area contributed by atoms with Crippen molar-refractivity contribution in [3.8, 4) is 0 Å². The molecule has 2 rings (SSSR count). The molecule has 1 heterocycles. The second kappa shape index (κ2) is 3.68. The number of sulfone groups is 1. The summed E-state index contributed by atoms with van der Waals surface area (Å²) in [6.07, 6.45) is 3.13. The predicted molar refractivity (Wildman–Crippen MR) is 62.7 cm³/mol. The Bertz CT molecular complexity index is 377. The lowest BCUT2D eigenvalue weighted by atomic mass is 9.67. The molecule has 2 atom stereocenters. The van der Waals surface area contributed by atoms with Crippen LogP contribution in [0.15, 0.2) is 0 Å². The van der Waals surface area contributed by atoms with Gasteiger partial charge in [0.15, 0.2) is 9.84 Å². The predicted octanol–water partition coefficient (Wildman–Crippen LogP) is 0.301. The molecule has 1 saturated carbocycles. The van der Waals surface area contributed by atoms with Gasteiger partial charge in [0.1, 0.15) is 0 Å². The molecule has 0 aromatic heterocycles. The molecule has 2 unspecified atom stereocenters. The summed E-state index contributed by atoms with van der Waals surface area (Å²) in [5.74, 6) is 0.505. The van der Waals surface area contributed by atoms with E-state index in [1.165, 1.54) is 0 Å². The molecule has 2 fully saturated rings. The van der Waals surface area contributed by atoms with E-state index in [4.69, 9.17) is 5.73 Å². The van der Waals surface area contributed by atoms with E-state index in [-0.39, 0.29) is 24.0 Å². The Morgan fingerprint density at radius 1 is 1.50 bits per heavy atom. The van der Waals surface area contributed by atoms with Crippen molar-refractivity contribution < 1.29 is 13.5 Å². The number of hydrogen-bond acceptors (Lipinski definition) is 4. The van der Waals surface area contributed by atoms with Gasteiger partial charge in [0.05, 0.1) is 17.1 Å². The summed E-state index contributed by atoms with van der Waals surface area (Å²) in [7, 11) is -3.00. The molecule has 4 nitrogen and oxygen atoms in total. The summed E-state index contributed by atoms with van der Waals surface area (Å²) in [5.41, 5.74) is 4.33. The molecule has 0 aromatic carbocycles. The molecule has 0 amide bonds. The van der Waals surface area contributed by atoms with Crippen molar-refractivity contribution in [3.63, 3.8) is 0 Å². The molecule has 5 heteroatoms. The largest absolute Gasteiger partial charge is 0.389 e. The zero-order chi connectivity index (χ0) is 12.0. The highest BCUT2D eigenvalue weighted by Gasteiger charge is 2.60. The molecule has 3 N–H and O–H groups in total. The number of aliphatic hydroxyl groups is 1. The molecule has 0 aromatic rings. The Labute approximate surface area is 97.1 Å². The minimum Gasteiger partial charge on any atom is -0.389 e. The smallest absolute Gasteiger partial charge is 0.151 e. The van der Waals surface area contributed by atoms with E-state index in [9.17, 15) is 13.5 Å². The first-order valence-corrected chi connectivity index (χ1v) is 7.84. The summed E-state index contributed by atoms with van der Waals surface area (Å²) in [6, 6.07) is 0. The normalized spacial score (nSPS) is 37.2. The van der Waals surface area contributed by atoms with Crippen molar-refractivity contribution >= 4 is 9.84 Å². The van der Waals surface area contributed by atoms with Gasteiger partial charge in [-0.15, -0.1) is 0 Å². The molecular weight excluding hydrogens is 226 g/mol. The Kier molecular flexibility index (Phi) is 2.84. The van der Waals surface area contributed by atoms with Crippen molar-refractivity contribution in [1.82, 2.24) is 0 Å². The first-order chi connectivity index (χ1) is 7.39. The Hall–Kier alpha value is -0.130. The van der Waals surface area contributed by atoms with Gasteiger partial charge in [-0.05, 0) is 31.6 Å². The molecule has 0 radical (unpaired) electrons. The summed E-state index contributed by atoms with van der Waals surface area (Å²) in [5, 5.41) is 10.8. The van der Waals surface area contributed by atoms with Gasteiger partial charge < -0.3 is 10.8 Å². The van der Waals surface area contributed by atoms with E-state index in [0.717, 1.165) is 12.8 Å². The van der Waals surface area contributed by atoms with Crippen LogP contribution in [0, 0.1) is 11.3 Å². The van der Waals surface area contributed by atoms with Crippen LogP contribution in [0.5, 0.6) is 0 Å². The van der Waals surface area contributed by atoms with Gasteiger partial charge in [0, 0.05) is 12.0 Å². The zero-order valence-corrected chi connectivity index (χ0v) is 10.6. The van der Waals surface area contributed by atoms with Crippen LogP contribution in [-0.4, -0.2) is 37.2 Å². The maximum Gasteiger partial charge on any atom is 0.151 e. The molecule has 0 spiro atoms. The molecular formula is C11H21NO3S. The van der Waals surface area contributed by atoms with E-state index in [0.29, 0.717) is 12.8 Å². The van der Waals surface area contributed by atoms with Gasteiger partial charge in [-0.2, -0.15) is 0 Å². The maximum atomic E-state index is 11.6. The fraction of sp³-hybridized carbons (Fsp3) is 1.00. The van der Waals surface area contributed by atoms with Crippen LogP contribution in [0.4, 0.5) is 0 Å². The highest BCUT2D eigenvalue weighted by molar-refractivity contribution is 7.91. The van der Waals surface area contributed by atoms with Crippen molar-refractivity contribution in [2.75, 3.05) is 18.1 Å². The van der Waals surface area contributed by atoms with Crippen molar-refractivity contribution in [1.29, 1.82) is 0 Å². The van der Waals surface area contributed by atoms with E-state index in [1.807, 2.05) is 6.92 Å². The summed E-state index contributed by atoms with van der Waals surface area (Å²) < 4.78 is 23.3. The van der Waals surface area contributed by atoms with Crippen LogP contribution in [-0.2, 0) is 9.84 Å². The first-order valence-electron chi connectivity index (χ1n) is 6.02. The van der Waals surface area contributed by atoms with E-state index >= 15 is 0 Å². The highest BCUT2D eigenvalue weighted by Crippen LogP contribution is 2.54. The van der Waals surface area contributed by atoms with E-state index < -0.39 is 20.9 Å². The Balaban J connectivity index is 2.34. The summed E-state index contributed by atoms with van der Waals surface area (Å²) >= 11 is 0. The van der Waals surface area contributed by atoms with Gasteiger partial charge >= 0.3 is 0 Å². The van der Waals surface area contributed by atoms with E-state index in [1.54, 1.807) is 0 Å². The lowest BCUT2D eigenvalue weighted by molar-refractivity contribution is -0.0892. The molecule has 1 aliphatic carbocycles. The molecule has 1 saturated heterocycles. The lowest BCUT2D eigenvalue weighted by Crippen LogP contribution is -2.54. The third kappa shape index (κ3) is 1.69. The summed E-state index contributed by atoms with van der Waals surface area (Å²) in [4.78, 5) is 0. The second-order valence-corrected chi connectivity index (χ2v) is 7.56. The zero-order valence-electron chi connectivity index (χ0n) is 9.78. The maximum absolute atomic E-state index is 11.6. The van der Waals surface area contributed by atoms with Crippen LogP contribution in [0.2, 0.25) is 0 Å². The van der Waals surface area contributed by atoms with Gasteiger partial charge in [0.2, 0.25) is 0 Å². The van der Waals surface area contributed by atoms with Crippen LogP contribution >= 0.6 is 0 Å². The molecule has 2 aliphatic rings. The van der Waals surface area contributed by atoms with E-state index in [2.05, 4.69) is 0 Å². The van der Waals surface area contributed by atoms with Crippen LogP contribution in [0.3, 0.4) is 0 Å². The van der Waals surface area contributed by atoms with Gasteiger partial charge in [-0.1, -0.05) is 6.92 Å². The molecule has 94 valence electrons. The topological polar surface area (TPSA) is 80.4 Å².